The van der Waals surface area contributed by atoms with E-state index in [0.29, 0.717) is 11.8 Å². The van der Waals surface area contributed by atoms with Crippen LogP contribution in [-0.4, -0.2) is 19.2 Å². The standard InChI is InChI=1S/C13H16N2O2/c1-17-15-13(16)14-12-10-7-6-8-4-2-3-5-9(8)11(10)12/h2-5,10-12H,6-7H2,1H3,(H2,14,15,16)/t10-,11+,12+/m0/s1. The smallest absolute Gasteiger partial charge is 0.333 e. The molecule has 0 aliphatic heterocycles. The molecule has 0 unspecified atom stereocenters. The van der Waals surface area contributed by atoms with E-state index in [-0.39, 0.29) is 12.1 Å². The number of nitrogens with one attached hydrogen (secondary N) is 2. The van der Waals surface area contributed by atoms with Crippen LogP contribution in [0.1, 0.15) is 23.5 Å². The summed E-state index contributed by atoms with van der Waals surface area (Å²) in [6.07, 6.45) is 2.29. The number of urea groups is 1. The first kappa shape index (κ1) is 10.6. The van der Waals surface area contributed by atoms with Crippen LogP contribution in [0.5, 0.6) is 0 Å². The van der Waals surface area contributed by atoms with Gasteiger partial charge >= 0.3 is 6.03 Å². The fourth-order valence-corrected chi connectivity index (χ4v) is 3.04. The topological polar surface area (TPSA) is 50.4 Å². The number of benzene rings is 1. The van der Waals surface area contributed by atoms with E-state index in [2.05, 4.69) is 39.9 Å². The molecule has 0 saturated heterocycles. The molecule has 1 saturated carbocycles. The van der Waals surface area contributed by atoms with Gasteiger partial charge < -0.3 is 5.32 Å². The number of hydrogen-bond acceptors (Lipinski definition) is 2. The minimum Gasteiger partial charge on any atom is -0.333 e. The van der Waals surface area contributed by atoms with Gasteiger partial charge in [-0.05, 0) is 29.9 Å². The van der Waals surface area contributed by atoms with Crippen molar-refractivity contribution >= 4 is 6.03 Å². The van der Waals surface area contributed by atoms with Crippen molar-refractivity contribution in [3.05, 3.63) is 35.4 Å². The Morgan fingerprint density at radius 2 is 2.24 bits per heavy atom. The molecule has 90 valence electrons. The number of aryl methyl sites for hydroxylation is 1. The largest absolute Gasteiger partial charge is 0.338 e. The van der Waals surface area contributed by atoms with Crippen molar-refractivity contribution < 1.29 is 9.63 Å². The van der Waals surface area contributed by atoms with Gasteiger partial charge in [0.1, 0.15) is 0 Å². The molecule has 2 aliphatic carbocycles. The lowest BCUT2D eigenvalue weighted by molar-refractivity contribution is 0.107. The van der Waals surface area contributed by atoms with Gasteiger partial charge in [0.25, 0.3) is 0 Å². The molecule has 4 heteroatoms. The van der Waals surface area contributed by atoms with E-state index in [1.807, 2.05) is 0 Å². The van der Waals surface area contributed by atoms with E-state index in [1.165, 1.54) is 24.7 Å². The van der Waals surface area contributed by atoms with E-state index >= 15 is 0 Å². The number of amides is 2. The molecule has 2 amide bonds. The number of hydrogen-bond donors (Lipinski definition) is 2. The molecule has 4 nitrogen and oxygen atoms in total. The SMILES string of the molecule is CONC(=O)N[C@@H]1[C@H]2CCc3ccccc3[C@H]21. The molecule has 0 heterocycles. The fraction of sp³-hybridized carbons (Fsp3) is 0.462. The molecule has 3 atom stereocenters. The molecule has 1 aromatic rings. The number of rotatable bonds is 2. The van der Waals surface area contributed by atoms with Crippen LogP contribution in [0.3, 0.4) is 0 Å². The molecule has 0 spiro atoms. The molecule has 17 heavy (non-hydrogen) atoms. The van der Waals surface area contributed by atoms with Crippen molar-refractivity contribution in [1.29, 1.82) is 0 Å². The van der Waals surface area contributed by atoms with Gasteiger partial charge in [-0.15, -0.1) is 0 Å². The zero-order chi connectivity index (χ0) is 11.8. The Morgan fingerprint density at radius 1 is 1.41 bits per heavy atom. The predicted molar refractivity (Wildman–Crippen MR) is 63.5 cm³/mol. The van der Waals surface area contributed by atoms with Crippen molar-refractivity contribution in [3.63, 3.8) is 0 Å². The summed E-state index contributed by atoms with van der Waals surface area (Å²) in [6.45, 7) is 0. The third-order valence-corrected chi connectivity index (χ3v) is 3.82. The average molecular weight is 232 g/mol. The summed E-state index contributed by atoms with van der Waals surface area (Å²) in [5.41, 5.74) is 5.14. The number of carbonyl (C=O) groups is 1. The molecular formula is C13H16N2O2. The second kappa shape index (κ2) is 4.04. The normalized spacial score (nSPS) is 28.9. The molecule has 1 fully saturated rings. The first-order valence-corrected chi connectivity index (χ1v) is 5.98. The highest BCUT2D eigenvalue weighted by Crippen LogP contribution is 2.54. The van der Waals surface area contributed by atoms with Crippen LogP contribution in [-0.2, 0) is 11.3 Å². The van der Waals surface area contributed by atoms with Gasteiger partial charge in [0.2, 0.25) is 0 Å². The molecule has 2 N–H and O–H groups in total. The van der Waals surface area contributed by atoms with Crippen molar-refractivity contribution in [2.45, 2.75) is 24.8 Å². The van der Waals surface area contributed by atoms with E-state index in [9.17, 15) is 4.79 Å². The van der Waals surface area contributed by atoms with Crippen LogP contribution >= 0.6 is 0 Å². The summed E-state index contributed by atoms with van der Waals surface area (Å²) in [5.74, 6) is 1.11. The lowest BCUT2D eigenvalue weighted by atomic mass is 9.92. The van der Waals surface area contributed by atoms with Crippen LogP contribution in [0.2, 0.25) is 0 Å². The highest BCUT2D eigenvalue weighted by atomic mass is 16.6. The van der Waals surface area contributed by atoms with Crippen LogP contribution in [0.25, 0.3) is 0 Å². The van der Waals surface area contributed by atoms with E-state index in [0.717, 1.165) is 6.42 Å². The minimum absolute atomic E-state index is 0.246. The lowest BCUT2D eigenvalue weighted by Gasteiger charge is -2.13. The molecule has 2 aliphatic rings. The Hall–Kier alpha value is -1.55. The van der Waals surface area contributed by atoms with Gasteiger partial charge in [-0.25, -0.2) is 10.3 Å². The highest BCUT2D eigenvalue weighted by molar-refractivity contribution is 5.74. The first-order chi connectivity index (χ1) is 8.31. The monoisotopic (exact) mass is 232 g/mol. The maximum atomic E-state index is 11.4. The number of hydroxylamine groups is 1. The first-order valence-electron chi connectivity index (χ1n) is 5.98. The Morgan fingerprint density at radius 3 is 3.06 bits per heavy atom. The molecule has 0 aromatic heterocycles. The average Bonchev–Trinajstić information content (AvgIpc) is 3.03. The van der Waals surface area contributed by atoms with Crippen LogP contribution in [0.4, 0.5) is 4.79 Å². The van der Waals surface area contributed by atoms with Crippen molar-refractivity contribution in [2.75, 3.05) is 7.11 Å². The number of fused-ring (bicyclic) bond motifs is 3. The Labute approximate surface area is 100 Å². The fourth-order valence-electron chi connectivity index (χ4n) is 3.04. The second-order valence-electron chi connectivity index (χ2n) is 4.73. The molecule has 3 rings (SSSR count). The van der Waals surface area contributed by atoms with Gasteiger partial charge in [0.05, 0.1) is 7.11 Å². The summed E-state index contributed by atoms with van der Waals surface area (Å²) in [6, 6.07) is 8.56. The quantitative estimate of drug-likeness (QED) is 0.760. The zero-order valence-corrected chi connectivity index (χ0v) is 9.77. The Balaban J connectivity index is 1.72. The molecule has 1 aromatic carbocycles. The minimum atomic E-state index is -0.246. The van der Waals surface area contributed by atoms with E-state index < -0.39 is 0 Å². The summed E-state index contributed by atoms with van der Waals surface area (Å²) in [5, 5.41) is 2.96. The molecular weight excluding hydrogens is 216 g/mol. The van der Waals surface area contributed by atoms with Crippen molar-refractivity contribution in [3.8, 4) is 0 Å². The van der Waals surface area contributed by atoms with Crippen LogP contribution < -0.4 is 10.8 Å². The molecule has 0 radical (unpaired) electrons. The number of carbonyl (C=O) groups excluding carboxylic acids is 1. The maximum absolute atomic E-state index is 11.4. The third-order valence-electron chi connectivity index (χ3n) is 3.82. The predicted octanol–water partition coefficient (Wildman–Crippen LogP) is 1.58. The van der Waals surface area contributed by atoms with E-state index in [4.69, 9.17) is 0 Å². The molecule has 0 bridgehead atoms. The Kier molecular flexibility index (Phi) is 2.52. The summed E-state index contributed by atoms with van der Waals surface area (Å²) in [4.78, 5) is 16.0. The zero-order valence-electron chi connectivity index (χ0n) is 9.77. The van der Waals surface area contributed by atoms with E-state index in [1.54, 1.807) is 0 Å². The maximum Gasteiger partial charge on any atom is 0.338 e. The second-order valence-corrected chi connectivity index (χ2v) is 4.73. The summed E-state index contributed by atoms with van der Waals surface area (Å²) < 4.78 is 0. The van der Waals surface area contributed by atoms with Gasteiger partial charge in [0, 0.05) is 12.0 Å². The van der Waals surface area contributed by atoms with Crippen LogP contribution in [0, 0.1) is 5.92 Å². The highest BCUT2D eigenvalue weighted by Gasteiger charge is 2.53. The summed E-state index contributed by atoms with van der Waals surface area (Å²) in [7, 11) is 1.44. The van der Waals surface area contributed by atoms with Gasteiger partial charge in [-0.3, -0.25) is 4.84 Å². The van der Waals surface area contributed by atoms with Gasteiger partial charge in [-0.1, -0.05) is 24.3 Å². The van der Waals surface area contributed by atoms with Gasteiger partial charge in [-0.2, -0.15) is 0 Å². The van der Waals surface area contributed by atoms with Crippen LogP contribution in [0.15, 0.2) is 24.3 Å². The van der Waals surface area contributed by atoms with Crippen molar-refractivity contribution in [1.82, 2.24) is 10.8 Å². The van der Waals surface area contributed by atoms with Gasteiger partial charge in [0.15, 0.2) is 0 Å². The van der Waals surface area contributed by atoms with Crippen molar-refractivity contribution in [2.24, 2.45) is 5.92 Å². The Bertz CT molecular complexity index is 447. The third kappa shape index (κ3) is 1.78. The summed E-state index contributed by atoms with van der Waals surface area (Å²) >= 11 is 0. The lowest BCUT2D eigenvalue weighted by Crippen LogP contribution is -2.37.